The van der Waals surface area contributed by atoms with Crippen LogP contribution in [-0.2, 0) is 0 Å². The number of rotatable bonds is 2. The van der Waals surface area contributed by atoms with Crippen LogP contribution < -0.4 is 0 Å². The maximum atomic E-state index is 2.49. The van der Waals surface area contributed by atoms with Crippen LogP contribution in [0.15, 0.2) is 146 Å². The minimum atomic E-state index is 1.24. The normalized spacial score (nSPS) is 12.3. The molecule has 0 heteroatoms. The second-order valence-corrected chi connectivity index (χ2v) is 11.6. The zero-order valence-electron chi connectivity index (χ0n) is 22.9. The summed E-state index contributed by atoms with van der Waals surface area (Å²) in [5.74, 6) is 0. The van der Waals surface area contributed by atoms with Crippen molar-refractivity contribution in [1.82, 2.24) is 0 Å². The lowest BCUT2D eigenvalue weighted by atomic mass is 9.84. The molecular weight excluding hydrogens is 504 g/mol. The van der Waals surface area contributed by atoms with Crippen LogP contribution in [0.4, 0.5) is 0 Å². The Morgan fingerprint density at radius 3 is 0.929 bits per heavy atom. The van der Waals surface area contributed by atoms with Crippen LogP contribution in [0.2, 0.25) is 0 Å². The number of fused-ring (bicyclic) bond motifs is 12. The van der Waals surface area contributed by atoms with Gasteiger partial charge in [-0.2, -0.15) is 0 Å². The first-order chi connectivity index (χ1) is 20.9. The van der Waals surface area contributed by atoms with E-state index in [1.54, 1.807) is 0 Å². The topological polar surface area (TPSA) is 0 Å². The number of hydrogen-bond acceptors (Lipinski definition) is 0. The molecule has 2 aliphatic carbocycles. The lowest BCUT2D eigenvalue weighted by molar-refractivity contribution is 1.61. The molecule has 42 heavy (non-hydrogen) atoms. The molecule has 0 atom stereocenters. The summed E-state index contributed by atoms with van der Waals surface area (Å²) >= 11 is 0. The Bertz CT molecular complexity index is 2260. The zero-order chi connectivity index (χ0) is 27.4. The molecule has 0 spiro atoms. The Kier molecular flexibility index (Phi) is 4.27. The molecule has 0 saturated carbocycles. The van der Waals surface area contributed by atoms with Crippen LogP contribution in [0.25, 0.3) is 99.1 Å². The molecular formula is C42H24. The summed E-state index contributed by atoms with van der Waals surface area (Å²) in [7, 11) is 0. The van der Waals surface area contributed by atoms with Gasteiger partial charge in [0.15, 0.2) is 0 Å². The fourth-order valence-corrected chi connectivity index (χ4v) is 7.89. The third-order valence-electron chi connectivity index (χ3n) is 9.51. The quantitative estimate of drug-likeness (QED) is 0.196. The predicted octanol–water partition coefficient (Wildman–Crippen LogP) is 11.8. The molecule has 0 bridgehead atoms. The van der Waals surface area contributed by atoms with E-state index in [4.69, 9.17) is 0 Å². The van der Waals surface area contributed by atoms with Crippen LogP contribution in [-0.4, -0.2) is 0 Å². The van der Waals surface area contributed by atoms with Crippen molar-refractivity contribution in [2.75, 3.05) is 0 Å². The van der Waals surface area contributed by atoms with E-state index in [1.165, 1.54) is 99.1 Å². The highest BCUT2D eigenvalue weighted by Gasteiger charge is 2.34. The van der Waals surface area contributed by atoms with Crippen LogP contribution >= 0.6 is 0 Å². The highest BCUT2D eigenvalue weighted by atomic mass is 14.4. The molecule has 10 rings (SSSR count). The van der Waals surface area contributed by atoms with Crippen molar-refractivity contribution in [3.63, 3.8) is 0 Å². The van der Waals surface area contributed by atoms with Crippen molar-refractivity contribution in [3.05, 3.63) is 146 Å². The van der Waals surface area contributed by atoms with E-state index < -0.39 is 0 Å². The van der Waals surface area contributed by atoms with E-state index in [9.17, 15) is 0 Å². The molecule has 0 radical (unpaired) electrons. The SMILES string of the molecule is c1ccc(-c2cc3c4c5c(c6ccccc6c6c5c(c3cc2-c2ccccc2)-c2ccccc2-6)-c2ccccc2-4)cc1. The van der Waals surface area contributed by atoms with Crippen LogP contribution in [0.3, 0.4) is 0 Å². The molecule has 0 heterocycles. The summed E-state index contributed by atoms with van der Waals surface area (Å²) in [6.45, 7) is 0. The minimum Gasteiger partial charge on any atom is -0.0622 e. The first-order valence-corrected chi connectivity index (χ1v) is 14.7. The van der Waals surface area contributed by atoms with Gasteiger partial charge >= 0.3 is 0 Å². The third-order valence-corrected chi connectivity index (χ3v) is 9.51. The summed E-state index contributed by atoms with van der Waals surface area (Å²) in [5.41, 5.74) is 15.9. The molecule has 8 aromatic carbocycles. The summed E-state index contributed by atoms with van der Waals surface area (Å²) in [4.78, 5) is 0. The van der Waals surface area contributed by atoms with Gasteiger partial charge in [-0.15, -0.1) is 0 Å². The van der Waals surface area contributed by atoms with Gasteiger partial charge in [-0.3, -0.25) is 0 Å². The zero-order valence-corrected chi connectivity index (χ0v) is 22.9. The number of hydrogen-bond donors (Lipinski definition) is 0. The fraction of sp³-hybridized carbons (Fsp3) is 0. The van der Waals surface area contributed by atoms with Gasteiger partial charge in [0.05, 0.1) is 0 Å². The van der Waals surface area contributed by atoms with Crippen LogP contribution in [0, 0.1) is 0 Å². The molecule has 8 aromatic rings. The lowest BCUT2D eigenvalue weighted by Gasteiger charge is -2.18. The van der Waals surface area contributed by atoms with Gasteiger partial charge in [-0.25, -0.2) is 0 Å². The van der Waals surface area contributed by atoms with Gasteiger partial charge in [0.2, 0.25) is 0 Å². The molecule has 0 saturated heterocycles. The molecule has 0 N–H and O–H groups in total. The maximum Gasteiger partial charge on any atom is -0.0000933 e. The van der Waals surface area contributed by atoms with Crippen molar-refractivity contribution in [3.8, 4) is 66.8 Å². The fourth-order valence-electron chi connectivity index (χ4n) is 7.89. The lowest BCUT2D eigenvalue weighted by Crippen LogP contribution is -1.91. The maximum absolute atomic E-state index is 2.49. The van der Waals surface area contributed by atoms with E-state index in [1.807, 2.05) is 0 Å². The van der Waals surface area contributed by atoms with Gasteiger partial charge in [-0.1, -0.05) is 133 Å². The van der Waals surface area contributed by atoms with Crippen molar-refractivity contribution in [2.24, 2.45) is 0 Å². The Hall–Kier alpha value is -5.46. The summed E-state index contributed by atoms with van der Waals surface area (Å²) in [6.07, 6.45) is 0. The molecule has 192 valence electrons. The van der Waals surface area contributed by atoms with E-state index in [2.05, 4.69) is 146 Å². The molecule has 0 aliphatic heterocycles. The van der Waals surface area contributed by atoms with Gasteiger partial charge < -0.3 is 0 Å². The standard InChI is InChI=1S/C42H24/c1-3-13-25(14-4-1)33-23-35-36(24-34(33)26-15-5-2-6-16-26)40-32-22-12-10-20-30(32)38-28-18-8-7-17-27(28)37-29-19-9-11-21-31(29)39(35)41(37)42(38)40/h1-24H. The Balaban J connectivity index is 1.51. The van der Waals surface area contributed by atoms with Gasteiger partial charge in [0.25, 0.3) is 0 Å². The van der Waals surface area contributed by atoms with Crippen molar-refractivity contribution < 1.29 is 0 Å². The highest BCUT2D eigenvalue weighted by Crippen LogP contribution is 2.62. The van der Waals surface area contributed by atoms with Gasteiger partial charge in [-0.05, 0) is 111 Å². The average molecular weight is 529 g/mol. The molecule has 0 nitrogen and oxygen atoms in total. The summed E-state index contributed by atoms with van der Waals surface area (Å²) in [6, 6.07) is 53.9. The summed E-state index contributed by atoms with van der Waals surface area (Å²) < 4.78 is 0. The van der Waals surface area contributed by atoms with E-state index in [0.717, 1.165) is 0 Å². The molecule has 2 aliphatic rings. The minimum absolute atomic E-state index is 1.24. The smallest absolute Gasteiger partial charge is 0.0000933 e. The van der Waals surface area contributed by atoms with Gasteiger partial charge in [0.1, 0.15) is 0 Å². The number of benzene rings is 8. The third kappa shape index (κ3) is 2.72. The Morgan fingerprint density at radius 1 is 0.238 bits per heavy atom. The van der Waals surface area contributed by atoms with Crippen LogP contribution in [0.5, 0.6) is 0 Å². The van der Waals surface area contributed by atoms with E-state index in [-0.39, 0.29) is 0 Å². The second-order valence-electron chi connectivity index (χ2n) is 11.6. The molecule has 0 fully saturated rings. The van der Waals surface area contributed by atoms with E-state index in [0.29, 0.717) is 0 Å². The molecule has 0 amide bonds. The molecule has 0 unspecified atom stereocenters. The van der Waals surface area contributed by atoms with Crippen molar-refractivity contribution >= 4 is 32.3 Å². The first-order valence-electron chi connectivity index (χ1n) is 14.7. The highest BCUT2D eigenvalue weighted by molar-refractivity contribution is 6.40. The Morgan fingerprint density at radius 2 is 0.548 bits per heavy atom. The first kappa shape index (κ1) is 22.3. The predicted molar refractivity (Wildman–Crippen MR) is 179 cm³/mol. The average Bonchev–Trinajstić information content (AvgIpc) is 3.60. The summed E-state index contributed by atoms with van der Waals surface area (Å²) in [5, 5.41) is 8.18. The molecule has 0 aromatic heterocycles. The van der Waals surface area contributed by atoms with Crippen molar-refractivity contribution in [2.45, 2.75) is 0 Å². The largest absolute Gasteiger partial charge is 0.0622 e. The van der Waals surface area contributed by atoms with Crippen molar-refractivity contribution in [1.29, 1.82) is 0 Å². The van der Waals surface area contributed by atoms with E-state index >= 15 is 0 Å². The van der Waals surface area contributed by atoms with Crippen LogP contribution in [0.1, 0.15) is 0 Å². The monoisotopic (exact) mass is 528 g/mol. The Labute approximate surface area is 244 Å². The second kappa shape index (κ2) is 8.06. The van der Waals surface area contributed by atoms with Gasteiger partial charge in [0, 0.05) is 0 Å².